The molecular weight excluding hydrogens is 212 g/mol. The molecule has 2 aromatic rings. The Bertz CT molecular complexity index is 489. The molecule has 4 nitrogen and oxygen atoms in total. The Kier molecular flexibility index (Phi) is 2.38. The van der Waals surface area contributed by atoms with Crippen LogP contribution in [0, 0.1) is 0 Å². The predicted molar refractivity (Wildman–Crippen MR) is 59.1 cm³/mol. The predicted octanol–water partition coefficient (Wildman–Crippen LogP) is 2.47. The molecule has 0 radical (unpaired) electrons. The van der Waals surface area contributed by atoms with Crippen LogP contribution in [0.15, 0.2) is 12.4 Å². The zero-order valence-electron chi connectivity index (χ0n) is 9.03. The first-order chi connectivity index (χ1) is 7.06. The van der Waals surface area contributed by atoms with Crippen molar-refractivity contribution in [2.45, 2.75) is 32.6 Å². The summed E-state index contributed by atoms with van der Waals surface area (Å²) in [5, 5.41) is 8.63. The van der Waals surface area contributed by atoms with Crippen molar-refractivity contribution < 1.29 is 0 Å². The molecule has 15 heavy (non-hydrogen) atoms. The maximum atomic E-state index is 5.93. The van der Waals surface area contributed by atoms with E-state index >= 15 is 0 Å². The van der Waals surface area contributed by atoms with Gasteiger partial charge in [0.05, 0.1) is 0 Å². The highest BCUT2D eigenvalue weighted by molar-refractivity contribution is 6.32. The minimum atomic E-state index is -0.00982. The smallest absolute Gasteiger partial charge is 0.198 e. The van der Waals surface area contributed by atoms with Crippen molar-refractivity contribution in [3.05, 3.63) is 23.4 Å². The number of hydrogen-bond acceptors (Lipinski definition) is 3. The van der Waals surface area contributed by atoms with Crippen LogP contribution in [0.25, 0.3) is 5.65 Å². The second-order valence-electron chi connectivity index (χ2n) is 4.17. The van der Waals surface area contributed by atoms with Gasteiger partial charge in [0.15, 0.2) is 10.8 Å². The summed E-state index contributed by atoms with van der Waals surface area (Å²) in [5.41, 5.74) is 0.611. The van der Waals surface area contributed by atoms with Crippen molar-refractivity contribution >= 4 is 17.2 Å². The second-order valence-corrected chi connectivity index (χ2v) is 4.53. The van der Waals surface area contributed by atoms with Crippen LogP contribution in [0.1, 0.15) is 33.0 Å². The first-order valence-corrected chi connectivity index (χ1v) is 5.30. The van der Waals surface area contributed by atoms with E-state index in [2.05, 4.69) is 36.0 Å². The maximum absolute atomic E-state index is 5.93. The maximum Gasteiger partial charge on any atom is 0.198 e. The summed E-state index contributed by atoms with van der Waals surface area (Å²) in [6, 6.07) is 0. The number of fused-ring (bicyclic) bond motifs is 1. The van der Waals surface area contributed by atoms with Gasteiger partial charge in [-0.15, -0.1) is 10.2 Å². The van der Waals surface area contributed by atoms with Crippen LogP contribution in [0.4, 0.5) is 0 Å². The highest BCUT2D eigenvalue weighted by atomic mass is 35.5. The summed E-state index contributed by atoms with van der Waals surface area (Å²) < 4.78 is 1.90. The summed E-state index contributed by atoms with van der Waals surface area (Å²) >= 11 is 5.93. The fourth-order valence-electron chi connectivity index (χ4n) is 1.42. The fraction of sp³-hybridized carbons (Fsp3) is 0.500. The largest absolute Gasteiger partial charge is 0.282 e. The van der Waals surface area contributed by atoms with Gasteiger partial charge in [-0.05, 0) is 6.42 Å². The molecule has 0 bridgehead atoms. The number of nitrogens with zero attached hydrogens (tertiary/aromatic N) is 4. The lowest BCUT2D eigenvalue weighted by atomic mass is 9.89. The zero-order chi connectivity index (χ0) is 11.1. The number of aromatic nitrogens is 4. The molecule has 0 amide bonds. The van der Waals surface area contributed by atoms with Gasteiger partial charge in [-0.1, -0.05) is 32.4 Å². The molecular formula is C10H13ClN4. The molecule has 0 saturated carbocycles. The summed E-state index contributed by atoms with van der Waals surface area (Å²) in [7, 11) is 0. The van der Waals surface area contributed by atoms with Gasteiger partial charge in [0.2, 0.25) is 0 Å². The molecule has 2 rings (SSSR count). The summed E-state index contributed by atoms with van der Waals surface area (Å²) in [6.07, 6.45) is 4.50. The third-order valence-electron chi connectivity index (χ3n) is 2.77. The molecule has 0 aliphatic heterocycles. The van der Waals surface area contributed by atoms with Crippen molar-refractivity contribution in [2.24, 2.45) is 0 Å². The van der Waals surface area contributed by atoms with Crippen molar-refractivity contribution in [3.63, 3.8) is 0 Å². The van der Waals surface area contributed by atoms with Crippen LogP contribution < -0.4 is 0 Å². The SMILES string of the molecule is CCC(C)(C)c1nnc2c(Cl)nccn12. The van der Waals surface area contributed by atoms with Crippen molar-refractivity contribution in [1.82, 2.24) is 19.6 Å². The Morgan fingerprint density at radius 2 is 2.13 bits per heavy atom. The van der Waals surface area contributed by atoms with Gasteiger partial charge in [-0.3, -0.25) is 4.40 Å². The van der Waals surface area contributed by atoms with Crippen molar-refractivity contribution in [3.8, 4) is 0 Å². The standard InChI is InChI=1S/C10H13ClN4/c1-4-10(2,3)9-14-13-8-7(11)12-5-6-15(8)9/h5-6H,4H2,1-3H3. The van der Waals surface area contributed by atoms with E-state index in [4.69, 9.17) is 11.6 Å². The van der Waals surface area contributed by atoms with E-state index in [1.807, 2.05) is 10.6 Å². The van der Waals surface area contributed by atoms with E-state index < -0.39 is 0 Å². The molecule has 2 aromatic heterocycles. The highest BCUT2D eigenvalue weighted by Gasteiger charge is 2.24. The highest BCUT2D eigenvalue weighted by Crippen LogP contribution is 2.26. The van der Waals surface area contributed by atoms with Gasteiger partial charge in [0, 0.05) is 17.8 Å². The summed E-state index contributed by atoms with van der Waals surface area (Å²) in [6.45, 7) is 6.40. The summed E-state index contributed by atoms with van der Waals surface area (Å²) in [4.78, 5) is 3.97. The van der Waals surface area contributed by atoms with Crippen LogP contribution in [0.5, 0.6) is 0 Å². The van der Waals surface area contributed by atoms with Gasteiger partial charge in [0.25, 0.3) is 0 Å². The molecule has 80 valence electrons. The molecule has 0 spiro atoms. The normalized spacial score (nSPS) is 12.3. The lowest BCUT2D eigenvalue weighted by molar-refractivity contribution is 0.468. The lowest BCUT2D eigenvalue weighted by Gasteiger charge is -2.19. The van der Waals surface area contributed by atoms with E-state index in [0.29, 0.717) is 10.8 Å². The first kappa shape index (κ1) is 10.4. The van der Waals surface area contributed by atoms with Crippen LogP contribution >= 0.6 is 11.6 Å². The van der Waals surface area contributed by atoms with Crippen LogP contribution in [0.2, 0.25) is 5.15 Å². The Morgan fingerprint density at radius 1 is 1.40 bits per heavy atom. The van der Waals surface area contributed by atoms with E-state index in [0.717, 1.165) is 12.2 Å². The number of hydrogen-bond donors (Lipinski definition) is 0. The van der Waals surface area contributed by atoms with Crippen molar-refractivity contribution in [1.29, 1.82) is 0 Å². The lowest BCUT2D eigenvalue weighted by Crippen LogP contribution is -2.19. The molecule has 0 aliphatic rings. The minimum absolute atomic E-state index is 0.00982. The molecule has 2 heterocycles. The van der Waals surface area contributed by atoms with Crippen LogP contribution in [0.3, 0.4) is 0 Å². The molecule has 0 unspecified atom stereocenters. The molecule has 0 saturated heterocycles. The average molecular weight is 225 g/mol. The Morgan fingerprint density at radius 3 is 2.80 bits per heavy atom. The minimum Gasteiger partial charge on any atom is -0.282 e. The quantitative estimate of drug-likeness (QED) is 0.787. The van der Waals surface area contributed by atoms with E-state index in [1.54, 1.807) is 6.20 Å². The topological polar surface area (TPSA) is 43.1 Å². The van der Waals surface area contributed by atoms with E-state index in [9.17, 15) is 0 Å². The van der Waals surface area contributed by atoms with Crippen molar-refractivity contribution in [2.75, 3.05) is 0 Å². The van der Waals surface area contributed by atoms with E-state index in [-0.39, 0.29) is 5.41 Å². The third-order valence-corrected chi connectivity index (χ3v) is 3.04. The Balaban J connectivity index is 2.69. The molecule has 5 heteroatoms. The average Bonchev–Trinajstić information content (AvgIpc) is 2.63. The van der Waals surface area contributed by atoms with Gasteiger partial charge in [-0.25, -0.2) is 4.98 Å². The monoisotopic (exact) mass is 224 g/mol. The zero-order valence-corrected chi connectivity index (χ0v) is 9.78. The van der Waals surface area contributed by atoms with Crippen LogP contribution in [-0.4, -0.2) is 19.6 Å². The van der Waals surface area contributed by atoms with Gasteiger partial charge in [0.1, 0.15) is 5.82 Å². The van der Waals surface area contributed by atoms with Crippen LogP contribution in [-0.2, 0) is 5.41 Å². The summed E-state index contributed by atoms with van der Waals surface area (Å²) in [5.74, 6) is 0.921. The third kappa shape index (κ3) is 1.59. The molecule has 0 atom stereocenters. The van der Waals surface area contributed by atoms with Gasteiger partial charge in [-0.2, -0.15) is 0 Å². The Hall–Kier alpha value is -1.16. The molecule has 0 aliphatic carbocycles. The first-order valence-electron chi connectivity index (χ1n) is 4.92. The number of halogens is 1. The Labute approximate surface area is 93.3 Å². The van der Waals surface area contributed by atoms with Gasteiger partial charge >= 0.3 is 0 Å². The molecule has 0 aromatic carbocycles. The molecule has 0 fully saturated rings. The molecule has 0 N–H and O–H groups in total. The fourth-order valence-corrected chi connectivity index (χ4v) is 1.60. The van der Waals surface area contributed by atoms with E-state index in [1.165, 1.54) is 0 Å². The number of rotatable bonds is 2. The van der Waals surface area contributed by atoms with Gasteiger partial charge < -0.3 is 0 Å². The second kappa shape index (κ2) is 3.45.